The van der Waals surface area contributed by atoms with Crippen molar-refractivity contribution in [3.05, 3.63) is 51.7 Å². The second-order valence-corrected chi connectivity index (χ2v) is 5.53. The van der Waals surface area contributed by atoms with Crippen LogP contribution in [0.1, 0.15) is 20.8 Å². The molecule has 2 amide bonds. The number of carbonyl (C=O) groups is 2. The zero-order valence-electron chi connectivity index (χ0n) is 11.6. The summed E-state index contributed by atoms with van der Waals surface area (Å²) in [5, 5.41) is 16.5. The fourth-order valence-electron chi connectivity index (χ4n) is 1.92. The van der Waals surface area contributed by atoms with Gasteiger partial charge >= 0.3 is 12.0 Å². The van der Waals surface area contributed by atoms with Gasteiger partial charge in [0.05, 0.1) is 5.56 Å². The monoisotopic (exact) mass is 304 g/mol. The zero-order valence-corrected chi connectivity index (χ0v) is 12.4. The number of carboxylic acid groups (broad SMARTS) is 1. The van der Waals surface area contributed by atoms with Crippen LogP contribution in [0.15, 0.2) is 35.7 Å². The Bertz CT molecular complexity index is 638. The van der Waals surface area contributed by atoms with Gasteiger partial charge in [-0.2, -0.15) is 0 Å². The summed E-state index contributed by atoms with van der Waals surface area (Å²) in [6.45, 7) is 2.20. The first kappa shape index (κ1) is 15.1. The van der Waals surface area contributed by atoms with Gasteiger partial charge < -0.3 is 15.7 Å². The van der Waals surface area contributed by atoms with E-state index in [9.17, 15) is 9.59 Å². The molecular formula is C15H16N2O3S. The Morgan fingerprint density at radius 2 is 2.05 bits per heavy atom. The molecule has 1 aromatic heterocycles. The second-order valence-electron chi connectivity index (χ2n) is 4.49. The van der Waals surface area contributed by atoms with E-state index in [0.29, 0.717) is 17.8 Å². The first-order valence-electron chi connectivity index (χ1n) is 6.48. The van der Waals surface area contributed by atoms with Crippen LogP contribution in [0, 0.1) is 6.92 Å². The molecule has 0 aliphatic heterocycles. The predicted molar refractivity (Wildman–Crippen MR) is 83.2 cm³/mol. The van der Waals surface area contributed by atoms with E-state index in [2.05, 4.69) is 10.6 Å². The summed E-state index contributed by atoms with van der Waals surface area (Å²) in [5.41, 5.74) is 1.23. The second kappa shape index (κ2) is 6.90. The standard InChI is InChI=1S/C15H16N2O3S/c1-10-12(14(18)19)5-2-6-13(10)17-15(20)16-8-7-11-4-3-9-21-11/h2-6,9H,7-8H2,1H3,(H,18,19)(H2,16,17,20). The molecule has 2 rings (SSSR count). The Labute approximate surface area is 126 Å². The first-order valence-corrected chi connectivity index (χ1v) is 7.36. The summed E-state index contributed by atoms with van der Waals surface area (Å²) in [6, 6.07) is 8.46. The summed E-state index contributed by atoms with van der Waals surface area (Å²) in [5.74, 6) is -1.01. The van der Waals surface area contributed by atoms with Crippen LogP contribution in [0.3, 0.4) is 0 Å². The largest absolute Gasteiger partial charge is 0.478 e. The van der Waals surface area contributed by atoms with Gasteiger partial charge in [0.15, 0.2) is 0 Å². The molecule has 110 valence electrons. The number of rotatable bonds is 5. The number of carboxylic acids is 1. The number of thiophene rings is 1. The maximum absolute atomic E-state index is 11.8. The molecule has 0 radical (unpaired) electrons. The lowest BCUT2D eigenvalue weighted by Crippen LogP contribution is -2.30. The van der Waals surface area contributed by atoms with Crippen LogP contribution in [-0.2, 0) is 6.42 Å². The number of carbonyl (C=O) groups excluding carboxylic acids is 1. The quantitative estimate of drug-likeness (QED) is 0.794. The highest BCUT2D eigenvalue weighted by Crippen LogP contribution is 2.18. The van der Waals surface area contributed by atoms with Gasteiger partial charge in [-0.1, -0.05) is 12.1 Å². The zero-order chi connectivity index (χ0) is 15.2. The Kier molecular flexibility index (Phi) is 4.94. The van der Waals surface area contributed by atoms with Crippen molar-refractivity contribution in [2.45, 2.75) is 13.3 Å². The van der Waals surface area contributed by atoms with Gasteiger partial charge in [0.25, 0.3) is 0 Å². The molecule has 21 heavy (non-hydrogen) atoms. The highest BCUT2D eigenvalue weighted by Gasteiger charge is 2.11. The van der Waals surface area contributed by atoms with Crippen LogP contribution >= 0.6 is 11.3 Å². The average molecular weight is 304 g/mol. The minimum absolute atomic E-state index is 0.186. The molecule has 1 aromatic carbocycles. The van der Waals surface area contributed by atoms with Crippen LogP contribution in [0.4, 0.5) is 10.5 Å². The van der Waals surface area contributed by atoms with E-state index in [-0.39, 0.29) is 11.6 Å². The first-order chi connectivity index (χ1) is 10.1. The van der Waals surface area contributed by atoms with E-state index in [0.717, 1.165) is 6.42 Å². The van der Waals surface area contributed by atoms with Crippen molar-refractivity contribution in [2.24, 2.45) is 0 Å². The number of urea groups is 1. The maximum Gasteiger partial charge on any atom is 0.336 e. The maximum atomic E-state index is 11.8. The van der Waals surface area contributed by atoms with Crippen LogP contribution in [0.25, 0.3) is 0 Å². The molecule has 0 bridgehead atoms. The molecule has 0 unspecified atom stereocenters. The van der Waals surface area contributed by atoms with Crippen molar-refractivity contribution < 1.29 is 14.7 Å². The third-order valence-corrected chi connectivity index (χ3v) is 3.99. The summed E-state index contributed by atoms with van der Waals surface area (Å²) in [6.07, 6.45) is 0.777. The van der Waals surface area contributed by atoms with Crippen molar-refractivity contribution in [2.75, 3.05) is 11.9 Å². The van der Waals surface area contributed by atoms with Gasteiger partial charge in [0, 0.05) is 17.1 Å². The minimum Gasteiger partial charge on any atom is -0.478 e. The number of anilines is 1. The lowest BCUT2D eigenvalue weighted by atomic mass is 10.1. The minimum atomic E-state index is -1.01. The SMILES string of the molecule is Cc1c(NC(=O)NCCc2cccs2)cccc1C(=O)O. The van der Waals surface area contributed by atoms with Crippen molar-refractivity contribution in [1.82, 2.24) is 5.32 Å². The summed E-state index contributed by atoms with van der Waals surface area (Å²) in [4.78, 5) is 24.1. The van der Waals surface area contributed by atoms with Crippen LogP contribution < -0.4 is 10.6 Å². The van der Waals surface area contributed by atoms with E-state index in [1.54, 1.807) is 30.4 Å². The van der Waals surface area contributed by atoms with Crippen molar-refractivity contribution in [3.63, 3.8) is 0 Å². The van der Waals surface area contributed by atoms with Crippen LogP contribution in [0.5, 0.6) is 0 Å². The van der Waals surface area contributed by atoms with Gasteiger partial charge in [-0.05, 0) is 42.5 Å². The topological polar surface area (TPSA) is 78.4 Å². The van der Waals surface area contributed by atoms with Gasteiger partial charge in [0.2, 0.25) is 0 Å². The van der Waals surface area contributed by atoms with Gasteiger partial charge in [-0.15, -0.1) is 11.3 Å². The lowest BCUT2D eigenvalue weighted by Gasteiger charge is -2.11. The molecule has 0 fully saturated rings. The number of amides is 2. The Hall–Kier alpha value is -2.34. The molecule has 1 heterocycles. The lowest BCUT2D eigenvalue weighted by molar-refractivity contribution is 0.0696. The molecule has 0 saturated carbocycles. The molecule has 0 aliphatic rings. The van der Waals surface area contributed by atoms with Crippen molar-refractivity contribution >= 4 is 29.0 Å². The summed E-state index contributed by atoms with van der Waals surface area (Å²) >= 11 is 1.65. The third kappa shape index (κ3) is 4.06. The van der Waals surface area contributed by atoms with Gasteiger partial charge in [-0.3, -0.25) is 0 Å². The smallest absolute Gasteiger partial charge is 0.336 e. The normalized spacial score (nSPS) is 10.1. The molecule has 0 spiro atoms. The van der Waals surface area contributed by atoms with Gasteiger partial charge in [0.1, 0.15) is 0 Å². The fraction of sp³-hybridized carbons (Fsp3) is 0.200. The number of nitrogens with one attached hydrogen (secondary N) is 2. The highest BCUT2D eigenvalue weighted by atomic mass is 32.1. The van der Waals surface area contributed by atoms with E-state index in [1.807, 2.05) is 17.5 Å². The Morgan fingerprint density at radius 1 is 1.24 bits per heavy atom. The van der Waals surface area contributed by atoms with Gasteiger partial charge in [-0.25, -0.2) is 9.59 Å². The molecule has 0 saturated heterocycles. The Morgan fingerprint density at radius 3 is 2.71 bits per heavy atom. The van der Waals surface area contributed by atoms with E-state index >= 15 is 0 Å². The molecule has 6 heteroatoms. The van der Waals surface area contributed by atoms with Crippen LogP contribution in [-0.4, -0.2) is 23.7 Å². The number of hydrogen-bond donors (Lipinski definition) is 3. The molecule has 0 atom stereocenters. The summed E-state index contributed by atoms with van der Waals surface area (Å²) in [7, 11) is 0. The number of hydrogen-bond acceptors (Lipinski definition) is 3. The van der Waals surface area contributed by atoms with E-state index in [4.69, 9.17) is 5.11 Å². The Balaban J connectivity index is 1.90. The van der Waals surface area contributed by atoms with Crippen molar-refractivity contribution in [3.8, 4) is 0 Å². The highest BCUT2D eigenvalue weighted by molar-refractivity contribution is 7.09. The van der Waals surface area contributed by atoms with Crippen LogP contribution in [0.2, 0.25) is 0 Å². The van der Waals surface area contributed by atoms with Crippen molar-refractivity contribution in [1.29, 1.82) is 0 Å². The summed E-state index contributed by atoms with van der Waals surface area (Å²) < 4.78 is 0. The molecular weight excluding hydrogens is 288 g/mol. The molecule has 2 aromatic rings. The third-order valence-electron chi connectivity index (χ3n) is 3.05. The predicted octanol–water partition coefficient (Wildman–Crippen LogP) is 3.12. The molecule has 0 aliphatic carbocycles. The van der Waals surface area contributed by atoms with E-state index < -0.39 is 5.97 Å². The molecule has 3 N–H and O–H groups in total. The fourth-order valence-corrected chi connectivity index (χ4v) is 2.63. The number of aromatic carboxylic acids is 1. The number of benzene rings is 1. The van der Waals surface area contributed by atoms with E-state index in [1.165, 1.54) is 10.9 Å². The average Bonchev–Trinajstić information content (AvgIpc) is 2.94. The molecule has 5 nitrogen and oxygen atoms in total.